The van der Waals surface area contributed by atoms with Crippen LogP contribution in [0.5, 0.6) is 0 Å². The second-order valence-corrected chi connectivity index (χ2v) is 8.11. The quantitative estimate of drug-likeness (QED) is 0.736. The number of thioether (sulfide) groups is 1. The Kier molecular flexibility index (Phi) is 5.42. The van der Waals surface area contributed by atoms with E-state index >= 15 is 0 Å². The Balaban J connectivity index is 2.66. The first-order valence-corrected chi connectivity index (χ1v) is 9.25. The highest BCUT2D eigenvalue weighted by Gasteiger charge is 2.31. The van der Waals surface area contributed by atoms with Gasteiger partial charge in [0.1, 0.15) is 5.37 Å². The maximum Gasteiger partial charge on any atom is 0.164 e. The molecule has 0 bridgehead atoms. The molecule has 0 amide bonds. The van der Waals surface area contributed by atoms with E-state index in [-0.39, 0.29) is 5.37 Å². The summed E-state index contributed by atoms with van der Waals surface area (Å²) in [5.41, 5.74) is 0. The van der Waals surface area contributed by atoms with Crippen molar-refractivity contribution in [2.24, 2.45) is 5.92 Å². The lowest BCUT2D eigenvalue weighted by Crippen LogP contribution is -2.48. The number of hydrogen-bond donors (Lipinski definition) is 0. The van der Waals surface area contributed by atoms with Gasteiger partial charge in [-0.25, -0.2) is 8.42 Å². The van der Waals surface area contributed by atoms with E-state index in [4.69, 9.17) is 0 Å². The molecule has 0 N–H and O–H groups in total. The topological polar surface area (TPSA) is 37.4 Å². The van der Waals surface area contributed by atoms with Crippen LogP contribution in [-0.2, 0) is 9.84 Å². The van der Waals surface area contributed by atoms with Crippen molar-refractivity contribution in [1.29, 1.82) is 0 Å². The lowest BCUT2D eigenvalue weighted by Gasteiger charge is -2.35. The molecular weight excluding hydrogens is 298 g/mol. The Bertz CT molecular complexity index is 294. The minimum Gasteiger partial charge on any atom is -0.285 e. The highest BCUT2D eigenvalue weighted by molar-refractivity contribution is 9.09. The first kappa shape index (κ1) is 13.8. The molecule has 1 fully saturated rings. The molecule has 0 saturated carbocycles. The predicted octanol–water partition coefficient (Wildman–Crippen LogP) is 1.44. The smallest absolute Gasteiger partial charge is 0.164 e. The summed E-state index contributed by atoms with van der Waals surface area (Å²) in [6.07, 6.45) is 1.34. The van der Waals surface area contributed by atoms with Crippen molar-refractivity contribution < 1.29 is 8.42 Å². The molecule has 0 aliphatic carbocycles. The molecule has 2 atom stereocenters. The third-order valence-corrected chi connectivity index (χ3v) is 6.29. The van der Waals surface area contributed by atoms with E-state index in [1.165, 1.54) is 6.26 Å². The van der Waals surface area contributed by atoms with E-state index in [2.05, 4.69) is 27.8 Å². The first-order chi connectivity index (χ1) is 6.95. The summed E-state index contributed by atoms with van der Waals surface area (Å²) in [6.45, 7) is 3.89. The standard InChI is InChI=1S/C9H18BrNO2S2/c1-8(5-10)6-11-3-4-14-7-9(11)15(2,12)13/h8-9H,3-7H2,1-2H3. The summed E-state index contributed by atoms with van der Waals surface area (Å²) < 4.78 is 23.2. The van der Waals surface area contributed by atoms with Crippen LogP contribution in [0.2, 0.25) is 0 Å². The summed E-state index contributed by atoms with van der Waals surface area (Å²) in [7, 11) is -2.94. The Morgan fingerprint density at radius 2 is 2.27 bits per heavy atom. The molecule has 15 heavy (non-hydrogen) atoms. The fraction of sp³-hybridized carbons (Fsp3) is 1.00. The molecule has 0 aromatic rings. The summed E-state index contributed by atoms with van der Waals surface area (Å²) in [5, 5.41) is 0.644. The van der Waals surface area contributed by atoms with Gasteiger partial charge in [0, 0.05) is 36.2 Å². The van der Waals surface area contributed by atoms with Crippen LogP contribution in [0.3, 0.4) is 0 Å². The van der Waals surface area contributed by atoms with E-state index < -0.39 is 9.84 Å². The largest absolute Gasteiger partial charge is 0.285 e. The molecule has 1 aliphatic heterocycles. The third-order valence-electron chi connectivity index (χ3n) is 2.49. The molecule has 2 unspecified atom stereocenters. The van der Waals surface area contributed by atoms with Crippen LogP contribution in [0.15, 0.2) is 0 Å². The van der Waals surface area contributed by atoms with Crippen molar-refractivity contribution in [3.63, 3.8) is 0 Å². The maximum atomic E-state index is 11.6. The van der Waals surface area contributed by atoms with Crippen molar-refractivity contribution in [2.45, 2.75) is 12.3 Å². The normalized spacial score (nSPS) is 26.5. The molecule has 0 aromatic heterocycles. The zero-order valence-electron chi connectivity index (χ0n) is 9.15. The molecule has 3 nitrogen and oxygen atoms in total. The van der Waals surface area contributed by atoms with Gasteiger partial charge in [-0.15, -0.1) is 0 Å². The average molecular weight is 316 g/mol. The van der Waals surface area contributed by atoms with Gasteiger partial charge in [-0.2, -0.15) is 11.8 Å². The fourth-order valence-electron chi connectivity index (χ4n) is 1.67. The predicted molar refractivity (Wildman–Crippen MR) is 70.5 cm³/mol. The fourth-order valence-corrected chi connectivity index (χ4v) is 4.83. The molecule has 90 valence electrons. The van der Waals surface area contributed by atoms with Crippen LogP contribution in [0.1, 0.15) is 6.92 Å². The van der Waals surface area contributed by atoms with Crippen LogP contribution in [-0.4, -0.2) is 54.9 Å². The summed E-state index contributed by atoms with van der Waals surface area (Å²) in [6, 6.07) is 0. The second kappa shape index (κ2) is 5.89. The molecular formula is C9H18BrNO2S2. The summed E-state index contributed by atoms with van der Waals surface area (Å²) >= 11 is 5.17. The van der Waals surface area contributed by atoms with Gasteiger partial charge in [-0.1, -0.05) is 22.9 Å². The molecule has 6 heteroatoms. The van der Waals surface area contributed by atoms with E-state index in [0.717, 1.165) is 24.2 Å². The average Bonchev–Trinajstić information content (AvgIpc) is 2.17. The monoisotopic (exact) mass is 315 g/mol. The maximum absolute atomic E-state index is 11.6. The van der Waals surface area contributed by atoms with Gasteiger partial charge in [-0.3, -0.25) is 4.90 Å². The SMILES string of the molecule is CC(CBr)CN1CCSCC1S(C)(=O)=O. The van der Waals surface area contributed by atoms with Gasteiger partial charge in [0.15, 0.2) is 9.84 Å². The molecule has 0 spiro atoms. The Morgan fingerprint density at radius 3 is 2.80 bits per heavy atom. The van der Waals surface area contributed by atoms with Crippen molar-refractivity contribution in [3.05, 3.63) is 0 Å². The van der Waals surface area contributed by atoms with Crippen molar-refractivity contribution in [1.82, 2.24) is 4.90 Å². The van der Waals surface area contributed by atoms with Crippen LogP contribution in [0.25, 0.3) is 0 Å². The number of halogens is 1. The Labute approximate surface area is 105 Å². The van der Waals surface area contributed by atoms with Gasteiger partial charge in [0.05, 0.1) is 0 Å². The zero-order valence-corrected chi connectivity index (χ0v) is 12.4. The second-order valence-electron chi connectivity index (χ2n) is 4.11. The minimum absolute atomic E-state index is 0.280. The molecule has 0 aromatic carbocycles. The van der Waals surface area contributed by atoms with Gasteiger partial charge in [0.25, 0.3) is 0 Å². The Hall–Kier alpha value is 0.740. The zero-order chi connectivity index (χ0) is 11.5. The number of rotatable bonds is 4. The summed E-state index contributed by atoms with van der Waals surface area (Å²) in [4.78, 5) is 2.11. The van der Waals surface area contributed by atoms with E-state index in [9.17, 15) is 8.42 Å². The van der Waals surface area contributed by atoms with Gasteiger partial charge < -0.3 is 0 Å². The molecule has 1 saturated heterocycles. The lowest BCUT2D eigenvalue weighted by atomic mass is 10.2. The summed E-state index contributed by atoms with van der Waals surface area (Å²) in [5.74, 6) is 2.26. The van der Waals surface area contributed by atoms with Gasteiger partial charge in [0.2, 0.25) is 0 Å². The molecule has 1 rings (SSSR count). The number of alkyl halides is 1. The van der Waals surface area contributed by atoms with Crippen LogP contribution in [0.4, 0.5) is 0 Å². The van der Waals surface area contributed by atoms with Gasteiger partial charge >= 0.3 is 0 Å². The van der Waals surface area contributed by atoms with Crippen molar-refractivity contribution in [3.8, 4) is 0 Å². The molecule has 1 heterocycles. The van der Waals surface area contributed by atoms with Crippen LogP contribution >= 0.6 is 27.7 Å². The van der Waals surface area contributed by atoms with Crippen LogP contribution < -0.4 is 0 Å². The number of nitrogens with zero attached hydrogens (tertiary/aromatic N) is 1. The highest BCUT2D eigenvalue weighted by atomic mass is 79.9. The van der Waals surface area contributed by atoms with E-state index in [0.29, 0.717) is 11.7 Å². The van der Waals surface area contributed by atoms with Crippen molar-refractivity contribution in [2.75, 3.05) is 36.2 Å². The minimum atomic E-state index is -2.94. The number of hydrogen-bond acceptors (Lipinski definition) is 4. The Morgan fingerprint density at radius 1 is 1.60 bits per heavy atom. The highest BCUT2D eigenvalue weighted by Crippen LogP contribution is 2.21. The van der Waals surface area contributed by atoms with Crippen molar-refractivity contribution >= 4 is 37.5 Å². The van der Waals surface area contributed by atoms with Gasteiger partial charge in [-0.05, 0) is 5.92 Å². The third kappa shape index (κ3) is 4.24. The lowest BCUT2D eigenvalue weighted by molar-refractivity contribution is 0.243. The number of sulfone groups is 1. The van der Waals surface area contributed by atoms with E-state index in [1.807, 2.05) is 0 Å². The first-order valence-electron chi connectivity index (χ1n) is 5.01. The molecule has 0 radical (unpaired) electrons. The molecule has 1 aliphatic rings. The van der Waals surface area contributed by atoms with E-state index in [1.54, 1.807) is 11.8 Å². The van der Waals surface area contributed by atoms with Crippen LogP contribution in [0, 0.1) is 5.92 Å².